The summed E-state index contributed by atoms with van der Waals surface area (Å²) >= 11 is 1.31. The zero-order chi connectivity index (χ0) is 33.5. The molecule has 1 atom stereocenters. The lowest BCUT2D eigenvalue weighted by molar-refractivity contribution is -0.117. The number of amides is 1. The Morgan fingerprint density at radius 2 is 1.98 bits per heavy atom. The van der Waals surface area contributed by atoms with E-state index in [2.05, 4.69) is 22.1 Å². The number of nitrogens with zero attached hydrogens (tertiary/aromatic N) is 3. The first-order valence-electron chi connectivity index (χ1n) is 14.7. The summed E-state index contributed by atoms with van der Waals surface area (Å²) in [5, 5.41) is 12.6. The van der Waals surface area contributed by atoms with Crippen molar-refractivity contribution in [2.45, 2.75) is 25.4 Å². The number of carbonyl (C=O) groups is 1. The molecule has 1 unspecified atom stereocenters. The highest BCUT2D eigenvalue weighted by Gasteiger charge is 2.39. The number of alkyl halides is 2. The molecule has 13 heteroatoms. The lowest BCUT2D eigenvalue weighted by Gasteiger charge is -2.32. The third-order valence-electron chi connectivity index (χ3n) is 7.95. The molecule has 244 valence electrons. The number of halogens is 4. The summed E-state index contributed by atoms with van der Waals surface area (Å²) in [4.78, 5) is 18.6. The van der Waals surface area contributed by atoms with Crippen LogP contribution in [0.25, 0.3) is 43.9 Å². The van der Waals surface area contributed by atoms with E-state index in [1.807, 2.05) is 11.4 Å². The zero-order valence-electron chi connectivity index (χ0n) is 25.8. The van der Waals surface area contributed by atoms with Gasteiger partial charge in [-0.05, 0) is 49.2 Å². The minimum atomic E-state index is -3.01. The third-order valence-corrected chi connectivity index (χ3v) is 8.89. The van der Waals surface area contributed by atoms with E-state index >= 15 is 4.39 Å². The van der Waals surface area contributed by atoms with Gasteiger partial charge in [-0.1, -0.05) is 18.7 Å². The van der Waals surface area contributed by atoms with E-state index in [1.54, 1.807) is 37.1 Å². The van der Waals surface area contributed by atoms with Crippen LogP contribution in [0.2, 0.25) is 0 Å². The molecule has 0 spiro atoms. The standard InChI is InChI=1S/C34H31F4N5O3S/c1-5-28(44)39-18(2)25-15-26(42-41-25)32-30(29-24(36)13-21(35)14-27(29)46-10-9-45-4)33-22(8-11-47-33)31(40-32)19-6-7-23-20(12-19)16-43(3)17-34(23,37)38/h5-8,11-15,18H,1,9-10,16-17H2,2-4H3,(H,39,44)(H,41,42). The Kier molecular flexibility index (Phi) is 8.88. The van der Waals surface area contributed by atoms with Gasteiger partial charge in [0.1, 0.15) is 35.4 Å². The number of H-pyrrole nitrogens is 1. The maximum Gasteiger partial charge on any atom is 0.285 e. The minimum Gasteiger partial charge on any atom is -0.490 e. The van der Waals surface area contributed by atoms with E-state index in [0.29, 0.717) is 50.4 Å². The predicted octanol–water partition coefficient (Wildman–Crippen LogP) is 7.22. The minimum absolute atomic E-state index is 0.0201. The van der Waals surface area contributed by atoms with Crippen LogP contribution < -0.4 is 10.1 Å². The number of nitrogens with one attached hydrogen (secondary N) is 2. The number of likely N-dealkylation sites (N-methyl/N-ethyl adjacent to an activating group) is 1. The van der Waals surface area contributed by atoms with E-state index in [0.717, 1.165) is 18.2 Å². The summed E-state index contributed by atoms with van der Waals surface area (Å²) in [7, 11) is 3.13. The van der Waals surface area contributed by atoms with Crippen molar-refractivity contribution in [3.8, 4) is 39.5 Å². The second-order valence-corrected chi connectivity index (χ2v) is 12.3. The van der Waals surface area contributed by atoms with Crippen LogP contribution in [0.1, 0.15) is 29.8 Å². The Hall–Kier alpha value is -4.59. The Morgan fingerprint density at radius 1 is 1.17 bits per heavy atom. The van der Waals surface area contributed by atoms with Gasteiger partial charge in [-0.25, -0.2) is 13.8 Å². The van der Waals surface area contributed by atoms with Crippen molar-refractivity contribution in [2.75, 3.05) is 33.9 Å². The molecule has 0 aliphatic carbocycles. The van der Waals surface area contributed by atoms with Crippen molar-refractivity contribution in [1.29, 1.82) is 0 Å². The highest BCUT2D eigenvalue weighted by molar-refractivity contribution is 7.18. The number of rotatable bonds is 10. The maximum atomic E-state index is 15.9. The normalized spacial score (nSPS) is 15.0. The van der Waals surface area contributed by atoms with E-state index in [1.165, 1.54) is 24.5 Å². The van der Waals surface area contributed by atoms with Gasteiger partial charge >= 0.3 is 0 Å². The highest BCUT2D eigenvalue weighted by Crippen LogP contribution is 2.47. The van der Waals surface area contributed by atoms with Gasteiger partial charge in [0.15, 0.2) is 0 Å². The van der Waals surface area contributed by atoms with Crippen molar-refractivity contribution in [3.05, 3.63) is 89.0 Å². The molecule has 5 aromatic rings. The molecule has 1 aliphatic heterocycles. The Bertz CT molecular complexity index is 1990. The first-order chi connectivity index (χ1) is 22.5. The van der Waals surface area contributed by atoms with Crippen molar-refractivity contribution < 1.29 is 31.8 Å². The second kappa shape index (κ2) is 12.9. The molecule has 8 nitrogen and oxygen atoms in total. The molecule has 1 aliphatic rings. The third kappa shape index (κ3) is 6.25. The van der Waals surface area contributed by atoms with Gasteiger partial charge < -0.3 is 14.8 Å². The van der Waals surface area contributed by atoms with Gasteiger partial charge in [-0.15, -0.1) is 11.3 Å². The summed E-state index contributed by atoms with van der Waals surface area (Å²) in [6, 6.07) is 9.65. The SMILES string of the molecule is C=CC(=O)NC(C)c1cc(-c2nc(-c3ccc4c(c3)CN(C)CC4(F)F)c3ccsc3c2-c2c(F)cc(F)cc2OCCOC)n[nH]1. The van der Waals surface area contributed by atoms with Gasteiger partial charge in [0, 0.05) is 52.6 Å². The molecular weight excluding hydrogens is 634 g/mol. The topological polar surface area (TPSA) is 92.4 Å². The molecule has 3 aromatic heterocycles. The molecule has 47 heavy (non-hydrogen) atoms. The number of fused-ring (bicyclic) bond motifs is 2. The highest BCUT2D eigenvalue weighted by atomic mass is 32.1. The average molecular weight is 666 g/mol. The van der Waals surface area contributed by atoms with Crippen LogP contribution in [0.3, 0.4) is 0 Å². The summed E-state index contributed by atoms with van der Waals surface area (Å²) in [6.07, 6.45) is 1.15. The molecule has 0 fully saturated rings. The monoisotopic (exact) mass is 665 g/mol. The molecule has 2 N–H and O–H groups in total. The quantitative estimate of drug-likeness (QED) is 0.0930. The summed E-state index contributed by atoms with van der Waals surface area (Å²) in [5.41, 5.74) is 2.88. The fourth-order valence-corrected chi connectivity index (χ4v) is 6.78. The van der Waals surface area contributed by atoms with Gasteiger partial charge in [-0.2, -0.15) is 13.9 Å². The van der Waals surface area contributed by atoms with Crippen LogP contribution in [-0.4, -0.2) is 59.9 Å². The van der Waals surface area contributed by atoms with Crippen molar-refractivity contribution in [1.82, 2.24) is 25.4 Å². The van der Waals surface area contributed by atoms with Crippen LogP contribution in [-0.2, 0) is 22.0 Å². The maximum absolute atomic E-state index is 15.9. The molecule has 0 saturated heterocycles. The smallest absolute Gasteiger partial charge is 0.285 e. The molecule has 2 aromatic carbocycles. The Balaban J connectivity index is 1.60. The number of benzene rings is 2. The fourth-order valence-electron chi connectivity index (χ4n) is 5.83. The van der Waals surface area contributed by atoms with Crippen molar-refractivity contribution in [3.63, 3.8) is 0 Å². The molecule has 4 heterocycles. The Morgan fingerprint density at radius 3 is 2.74 bits per heavy atom. The van der Waals surface area contributed by atoms with Gasteiger partial charge in [-0.3, -0.25) is 14.8 Å². The fraction of sp³-hybridized carbons (Fsp3) is 0.265. The van der Waals surface area contributed by atoms with E-state index < -0.39 is 23.6 Å². The molecular formula is C34H31F4N5O3S. The number of ether oxygens (including phenoxy) is 2. The van der Waals surface area contributed by atoms with Gasteiger partial charge in [0.05, 0.1) is 36.1 Å². The molecule has 0 radical (unpaired) electrons. The predicted molar refractivity (Wildman–Crippen MR) is 172 cm³/mol. The zero-order valence-corrected chi connectivity index (χ0v) is 26.6. The molecule has 1 amide bonds. The number of hydrogen-bond donors (Lipinski definition) is 2. The number of aromatic nitrogens is 3. The second-order valence-electron chi connectivity index (χ2n) is 11.3. The van der Waals surface area contributed by atoms with Crippen LogP contribution >= 0.6 is 11.3 Å². The first kappa shape index (κ1) is 32.4. The first-order valence-corrected chi connectivity index (χ1v) is 15.6. The molecule has 0 saturated carbocycles. The van der Waals surface area contributed by atoms with Crippen LogP contribution in [0.4, 0.5) is 17.6 Å². The average Bonchev–Trinajstić information content (AvgIpc) is 3.71. The van der Waals surface area contributed by atoms with Gasteiger partial charge in [0.2, 0.25) is 5.91 Å². The van der Waals surface area contributed by atoms with Crippen molar-refractivity contribution in [2.24, 2.45) is 0 Å². The lowest BCUT2D eigenvalue weighted by Crippen LogP contribution is -2.38. The summed E-state index contributed by atoms with van der Waals surface area (Å²) < 4.78 is 71.8. The molecule has 0 bridgehead atoms. The van der Waals surface area contributed by atoms with Gasteiger partial charge in [0.25, 0.3) is 5.92 Å². The largest absolute Gasteiger partial charge is 0.490 e. The number of aromatic amines is 1. The van der Waals surface area contributed by atoms with Crippen molar-refractivity contribution >= 4 is 27.3 Å². The van der Waals surface area contributed by atoms with E-state index in [9.17, 15) is 18.0 Å². The number of carbonyl (C=O) groups excluding carboxylic acids is 1. The van der Waals surface area contributed by atoms with Crippen LogP contribution in [0.15, 0.2) is 60.5 Å². The van der Waals surface area contributed by atoms with Crippen LogP contribution in [0.5, 0.6) is 5.75 Å². The van der Waals surface area contributed by atoms with Crippen LogP contribution in [0, 0.1) is 11.6 Å². The summed E-state index contributed by atoms with van der Waals surface area (Å²) in [6.45, 7) is 5.40. The number of hydrogen-bond acceptors (Lipinski definition) is 7. The van der Waals surface area contributed by atoms with E-state index in [-0.39, 0.29) is 48.2 Å². The van der Waals surface area contributed by atoms with E-state index in [4.69, 9.17) is 14.5 Å². The number of thiophene rings is 1. The number of pyridine rings is 1. The molecule has 6 rings (SSSR count). The lowest BCUT2D eigenvalue weighted by atomic mass is 9.92. The Labute approximate surface area is 272 Å². The number of methoxy groups -OCH3 is 1. The summed E-state index contributed by atoms with van der Waals surface area (Å²) in [5.74, 6) is -5.14.